The van der Waals surface area contributed by atoms with Crippen LogP contribution in [0, 0.1) is 0 Å². The van der Waals surface area contributed by atoms with E-state index in [-0.39, 0.29) is 0 Å². The molecule has 0 saturated heterocycles. The van der Waals surface area contributed by atoms with E-state index in [2.05, 4.69) is 14.7 Å². The van der Waals surface area contributed by atoms with E-state index >= 15 is 0 Å². The van der Waals surface area contributed by atoms with Gasteiger partial charge in [0.1, 0.15) is 6.26 Å². The zero-order valence-electron chi connectivity index (χ0n) is 7.15. The highest BCUT2D eigenvalue weighted by molar-refractivity contribution is 7.09. The third-order valence-electron chi connectivity index (χ3n) is 1.53. The Morgan fingerprint density at radius 3 is 3.23 bits per heavy atom. The average Bonchev–Trinajstić information content (AvgIpc) is 2.70. The van der Waals surface area contributed by atoms with Gasteiger partial charge in [-0.15, -0.1) is 0 Å². The Labute approximate surface area is 79.8 Å². The first-order valence-corrected chi connectivity index (χ1v) is 4.77. The molecule has 0 unspecified atom stereocenters. The lowest BCUT2D eigenvalue weighted by molar-refractivity contribution is 0.568. The van der Waals surface area contributed by atoms with Gasteiger partial charge in [0.05, 0.1) is 11.8 Å². The molecule has 2 aromatic rings. The predicted molar refractivity (Wildman–Crippen MR) is 51.8 cm³/mol. The second-order valence-corrected chi connectivity index (χ2v) is 3.22. The molecule has 1 N–H and O–H groups in total. The van der Waals surface area contributed by atoms with Crippen molar-refractivity contribution in [1.29, 1.82) is 0 Å². The van der Waals surface area contributed by atoms with Crippen LogP contribution >= 0.6 is 11.5 Å². The van der Waals surface area contributed by atoms with Crippen molar-refractivity contribution < 1.29 is 4.42 Å². The SMILES string of the molecule is CCNc1nc(-c2ccoc2)ns1. The highest BCUT2D eigenvalue weighted by Crippen LogP contribution is 2.20. The molecule has 0 spiro atoms. The molecule has 2 aromatic heterocycles. The monoisotopic (exact) mass is 195 g/mol. The van der Waals surface area contributed by atoms with Crippen LogP contribution in [-0.2, 0) is 0 Å². The molecular formula is C8H9N3OS. The number of rotatable bonds is 3. The van der Waals surface area contributed by atoms with Gasteiger partial charge in [0, 0.05) is 18.1 Å². The van der Waals surface area contributed by atoms with E-state index in [1.165, 1.54) is 11.5 Å². The Balaban J connectivity index is 2.23. The summed E-state index contributed by atoms with van der Waals surface area (Å²) in [5, 5.41) is 3.95. The maximum absolute atomic E-state index is 4.94. The molecule has 0 amide bonds. The van der Waals surface area contributed by atoms with Crippen LogP contribution in [0.1, 0.15) is 6.92 Å². The highest BCUT2D eigenvalue weighted by Gasteiger charge is 2.05. The number of hydrogen-bond acceptors (Lipinski definition) is 5. The molecule has 0 bridgehead atoms. The van der Waals surface area contributed by atoms with Gasteiger partial charge >= 0.3 is 0 Å². The summed E-state index contributed by atoms with van der Waals surface area (Å²) >= 11 is 1.36. The van der Waals surface area contributed by atoms with Crippen LogP contribution in [0.15, 0.2) is 23.0 Å². The van der Waals surface area contributed by atoms with Gasteiger partial charge < -0.3 is 9.73 Å². The van der Waals surface area contributed by atoms with Gasteiger partial charge in [-0.1, -0.05) is 0 Å². The molecule has 2 rings (SSSR count). The summed E-state index contributed by atoms with van der Waals surface area (Å²) in [7, 11) is 0. The Morgan fingerprint density at radius 1 is 1.62 bits per heavy atom. The molecule has 13 heavy (non-hydrogen) atoms. The van der Waals surface area contributed by atoms with Crippen molar-refractivity contribution in [2.75, 3.05) is 11.9 Å². The van der Waals surface area contributed by atoms with Crippen LogP contribution in [-0.4, -0.2) is 15.9 Å². The number of anilines is 1. The van der Waals surface area contributed by atoms with Crippen LogP contribution in [0.25, 0.3) is 11.4 Å². The van der Waals surface area contributed by atoms with Gasteiger partial charge in [-0.25, -0.2) is 0 Å². The molecule has 0 aliphatic carbocycles. The van der Waals surface area contributed by atoms with Crippen molar-refractivity contribution in [3.05, 3.63) is 18.6 Å². The van der Waals surface area contributed by atoms with E-state index in [0.717, 1.165) is 23.1 Å². The fourth-order valence-electron chi connectivity index (χ4n) is 0.955. The van der Waals surface area contributed by atoms with Gasteiger partial charge in [0.25, 0.3) is 0 Å². The van der Waals surface area contributed by atoms with E-state index < -0.39 is 0 Å². The van der Waals surface area contributed by atoms with Crippen molar-refractivity contribution in [1.82, 2.24) is 9.36 Å². The molecule has 2 heterocycles. The minimum Gasteiger partial charge on any atom is -0.472 e. The van der Waals surface area contributed by atoms with Gasteiger partial charge in [0.15, 0.2) is 5.82 Å². The largest absolute Gasteiger partial charge is 0.472 e. The molecule has 0 fully saturated rings. The lowest BCUT2D eigenvalue weighted by Crippen LogP contribution is -1.94. The van der Waals surface area contributed by atoms with Crippen molar-refractivity contribution in [3.8, 4) is 11.4 Å². The van der Waals surface area contributed by atoms with Crippen LogP contribution in [0.5, 0.6) is 0 Å². The van der Waals surface area contributed by atoms with Crippen molar-refractivity contribution in [3.63, 3.8) is 0 Å². The van der Waals surface area contributed by atoms with E-state index in [4.69, 9.17) is 4.42 Å². The summed E-state index contributed by atoms with van der Waals surface area (Å²) in [6.07, 6.45) is 3.25. The first kappa shape index (κ1) is 8.25. The van der Waals surface area contributed by atoms with Crippen molar-refractivity contribution >= 4 is 16.7 Å². The van der Waals surface area contributed by atoms with Crippen LogP contribution < -0.4 is 5.32 Å². The van der Waals surface area contributed by atoms with Crippen molar-refractivity contribution in [2.24, 2.45) is 0 Å². The third kappa shape index (κ3) is 1.70. The smallest absolute Gasteiger partial charge is 0.202 e. The maximum Gasteiger partial charge on any atom is 0.202 e. The fraction of sp³-hybridized carbons (Fsp3) is 0.250. The maximum atomic E-state index is 4.94. The molecule has 4 nitrogen and oxygen atoms in total. The lowest BCUT2D eigenvalue weighted by atomic mass is 10.3. The minimum atomic E-state index is 0.717. The van der Waals surface area contributed by atoms with E-state index in [0.29, 0.717) is 0 Å². The van der Waals surface area contributed by atoms with Crippen LogP contribution in [0.4, 0.5) is 5.13 Å². The molecule has 0 aromatic carbocycles. The van der Waals surface area contributed by atoms with Gasteiger partial charge in [-0.05, 0) is 13.0 Å². The minimum absolute atomic E-state index is 0.717. The zero-order chi connectivity index (χ0) is 9.10. The predicted octanol–water partition coefficient (Wildman–Crippen LogP) is 2.23. The fourth-order valence-corrected chi connectivity index (χ4v) is 1.61. The molecule has 0 saturated carbocycles. The lowest BCUT2D eigenvalue weighted by Gasteiger charge is -1.91. The van der Waals surface area contributed by atoms with E-state index in [1.54, 1.807) is 12.5 Å². The molecule has 0 radical (unpaired) electrons. The Morgan fingerprint density at radius 2 is 2.54 bits per heavy atom. The molecule has 5 heteroatoms. The number of aromatic nitrogens is 2. The summed E-state index contributed by atoms with van der Waals surface area (Å²) in [6.45, 7) is 2.89. The molecular weight excluding hydrogens is 186 g/mol. The van der Waals surface area contributed by atoms with Crippen LogP contribution in [0.2, 0.25) is 0 Å². The summed E-state index contributed by atoms with van der Waals surface area (Å²) in [5.41, 5.74) is 0.917. The Kier molecular flexibility index (Phi) is 2.27. The third-order valence-corrected chi connectivity index (χ3v) is 2.21. The second kappa shape index (κ2) is 3.57. The van der Waals surface area contributed by atoms with Gasteiger partial charge in [0.2, 0.25) is 5.13 Å². The number of furan rings is 1. The Hall–Kier alpha value is -1.36. The molecule has 68 valence electrons. The Bertz CT molecular complexity index is 368. The summed E-state index contributed by atoms with van der Waals surface area (Å²) in [5.74, 6) is 0.717. The molecule has 0 aliphatic heterocycles. The quantitative estimate of drug-likeness (QED) is 0.816. The normalized spacial score (nSPS) is 10.2. The second-order valence-electron chi connectivity index (χ2n) is 2.47. The molecule has 0 aliphatic rings. The summed E-state index contributed by atoms with van der Waals surface area (Å²) in [4.78, 5) is 4.28. The van der Waals surface area contributed by atoms with E-state index in [1.807, 2.05) is 13.0 Å². The van der Waals surface area contributed by atoms with E-state index in [9.17, 15) is 0 Å². The summed E-state index contributed by atoms with van der Waals surface area (Å²) in [6, 6.07) is 1.85. The van der Waals surface area contributed by atoms with Gasteiger partial charge in [-0.3, -0.25) is 0 Å². The standard InChI is InChI=1S/C8H9N3OS/c1-2-9-8-10-7(11-13-8)6-3-4-12-5-6/h3-5H,2H2,1H3,(H,9,10,11). The number of hydrogen-bond donors (Lipinski definition) is 1. The first-order chi connectivity index (χ1) is 6.40. The topological polar surface area (TPSA) is 51.0 Å². The van der Waals surface area contributed by atoms with Crippen molar-refractivity contribution in [2.45, 2.75) is 6.92 Å². The summed E-state index contributed by atoms with van der Waals surface area (Å²) < 4.78 is 9.13. The zero-order valence-corrected chi connectivity index (χ0v) is 7.97. The highest BCUT2D eigenvalue weighted by atomic mass is 32.1. The number of nitrogens with zero attached hydrogens (tertiary/aromatic N) is 2. The van der Waals surface area contributed by atoms with Gasteiger partial charge in [-0.2, -0.15) is 9.36 Å². The number of nitrogens with one attached hydrogen (secondary N) is 1. The van der Waals surface area contributed by atoms with Crippen LogP contribution in [0.3, 0.4) is 0 Å². The first-order valence-electron chi connectivity index (χ1n) is 4.00. The molecule has 0 atom stereocenters. The average molecular weight is 195 g/mol.